The second kappa shape index (κ2) is 9.56. The second-order valence-electron chi connectivity index (χ2n) is 3.61. The molecule has 0 aromatic rings. The van der Waals surface area contributed by atoms with Crippen LogP contribution in [0.4, 0.5) is 0 Å². The van der Waals surface area contributed by atoms with Crippen molar-refractivity contribution in [3.8, 4) is 0 Å². The summed E-state index contributed by atoms with van der Waals surface area (Å²) in [5.41, 5.74) is 0. The molecule has 0 bridgehead atoms. The SMILES string of the molecule is C=CN(CC)CC.O=CN1CCCCC1. The Labute approximate surface area is 93.7 Å². The molecule has 88 valence electrons. The van der Waals surface area contributed by atoms with Gasteiger partial charge in [0.05, 0.1) is 0 Å². The van der Waals surface area contributed by atoms with Crippen LogP contribution >= 0.6 is 0 Å². The Morgan fingerprint density at radius 1 is 1.20 bits per heavy atom. The van der Waals surface area contributed by atoms with Gasteiger partial charge < -0.3 is 9.80 Å². The first kappa shape index (κ1) is 14.0. The first-order valence-corrected chi connectivity index (χ1v) is 5.84. The summed E-state index contributed by atoms with van der Waals surface area (Å²) in [5, 5.41) is 0. The molecule has 0 atom stereocenters. The van der Waals surface area contributed by atoms with Crippen LogP contribution in [0, 0.1) is 0 Å². The molecule has 1 aliphatic rings. The summed E-state index contributed by atoms with van der Waals surface area (Å²) in [7, 11) is 0. The van der Waals surface area contributed by atoms with E-state index in [0.717, 1.165) is 32.6 Å². The van der Waals surface area contributed by atoms with E-state index < -0.39 is 0 Å². The summed E-state index contributed by atoms with van der Waals surface area (Å²) < 4.78 is 0. The van der Waals surface area contributed by atoms with Gasteiger partial charge in [0.25, 0.3) is 0 Å². The highest BCUT2D eigenvalue weighted by molar-refractivity contribution is 5.46. The molecule has 0 aromatic carbocycles. The van der Waals surface area contributed by atoms with Gasteiger partial charge in [-0.2, -0.15) is 0 Å². The third-order valence-corrected chi connectivity index (χ3v) is 2.61. The maximum absolute atomic E-state index is 10.1. The zero-order valence-electron chi connectivity index (χ0n) is 10.1. The van der Waals surface area contributed by atoms with E-state index >= 15 is 0 Å². The zero-order chi connectivity index (χ0) is 11.5. The highest BCUT2D eigenvalue weighted by Gasteiger charge is 2.05. The van der Waals surface area contributed by atoms with Crippen LogP contribution in [-0.2, 0) is 4.79 Å². The average Bonchev–Trinajstić information content (AvgIpc) is 2.33. The number of hydrogen-bond donors (Lipinski definition) is 0. The minimum atomic E-state index is 0.944. The van der Waals surface area contributed by atoms with Gasteiger partial charge in [-0.15, -0.1) is 0 Å². The van der Waals surface area contributed by atoms with Crippen LogP contribution < -0.4 is 0 Å². The van der Waals surface area contributed by atoms with Crippen LogP contribution in [0.3, 0.4) is 0 Å². The Morgan fingerprint density at radius 3 is 1.93 bits per heavy atom. The normalized spacial score (nSPS) is 14.9. The lowest BCUT2D eigenvalue weighted by molar-refractivity contribution is -0.118. The summed E-state index contributed by atoms with van der Waals surface area (Å²) in [4.78, 5) is 14.1. The molecule has 0 spiro atoms. The molecule has 1 saturated heterocycles. The van der Waals surface area contributed by atoms with Crippen molar-refractivity contribution >= 4 is 6.41 Å². The van der Waals surface area contributed by atoms with Gasteiger partial charge >= 0.3 is 0 Å². The Bertz CT molecular complexity index is 161. The van der Waals surface area contributed by atoms with E-state index in [-0.39, 0.29) is 0 Å². The lowest BCUT2D eigenvalue weighted by Crippen LogP contribution is -2.27. The fourth-order valence-electron chi connectivity index (χ4n) is 1.51. The smallest absolute Gasteiger partial charge is 0.209 e. The van der Waals surface area contributed by atoms with E-state index in [1.807, 2.05) is 11.1 Å². The molecule has 1 heterocycles. The molecular formula is C12H24N2O. The lowest BCUT2D eigenvalue weighted by Gasteiger charge is -2.21. The highest BCUT2D eigenvalue weighted by Crippen LogP contribution is 2.05. The van der Waals surface area contributed by atoms with Crippen LogP contribution in [0.15, 0.2) is 12.8 Å². The number of carbonyl (C=O) groups excluding carboxylic acids is 1. The molecule has 0 N–H and O–H groups in total. The van der Waals surface area contributed by atoms with E-state index in [1.165, 1.54) is 19.3 Å². The van der Waals surface area contributed by atoms with Crippen LogP contribution in [0.2, 0.25) is 0 Å². The minimum Gasteiger partial charge on any atom is -0.378 e. The van der Waals surface area contributed by atoms with E-state index in [2.05, 4.69) is 25.3 Å². The van der Waals surface area contributed by atoms with Crippen LogP contribution in [0.5, 0.6) is 0 Å². The van der Waals surface area contributed by atoms with Gasteiger partial charge in [-0.1, -0.05) is 6.58 Å². The van der Waals surface area contributed by atoms with Crippen LogP contribution in [0.25, 0.3) is 0 Å². The van der Waals surface area contributed by atoms with Crippen molar-refractivity contribution in [3.63, 3.8) is 0 Å². The first-order chi connectivity index (χ1) is 7.28. The fourth-order valence-corrected chi connectivity index (χ4v) is 1.51. The maximum Gasteiger partial charge on any atom is 0.209 e. The molecule has 1 fully saturated rings. The Morgan fingerprint density at radius 2 is 1.73 bits per heavy atom. The molecule has 0 radical (unpaired) electrons. The largest absolute Gasteiger partial charge is 0.378 e. The average molecular weight is 212 g/mol. The second-order valence-corrected chi connectivity index (χ2v) is 3.61. The topological polar surface area (TPSA) is 23.6 Å². The molecule has 15 heavy (non-hydrogen) atoms. The van der Waals surface area contributed by atoms with Crippen molar-refractivity contribution in [2.75, 3.05) is 26.2 Å². The minimum absolute atomic E-state index is 0.944. The maximum atomic E-state index is 10.1. The van der Waals surface area contributed by atoms with Crippen molar-refractivity contribution in [3.05, 3.63) is 12.8 Å². The zero-order valence-corrected chi connectivity index (χ0v) is 10.1. The summed E-state index contributed by atoms with van der Waals surface area (Å²) in [6.07, 6.45) is 6.49. The van der Waals surface area contributed by atoms with Crippen LogP contribution in [0.1, 0.15) is 33.1 Å². The molecule has 1 amide bonds. The van der Waals surface area contributed by atoms with Crippen molar-refractivity contribution < 1.29 is 4.79 Å². The van der Waals surface area contributed by atoms with E-state index in [4.69, 9.17) is 0 Å². The van der Waals surface area contributed by atoms with E-state index in [9.17, 15) is 4.79 Å². The van der Waals surface area contributed by atoms with Crippen molar-refractivity contribution in [2.24, 2.45) is 0 Å². The van der Waals surface area contributed by atoms with E-state index in [0.29, 0.717) is 0 Å². The van der Waals surface area contributed by atoms with Gasteiger partial charge in [0.15, 0.2) is 0 Å². The molecule has 3 heteroatoms. The van der Waals surface area contributed by atoms with Crippen molar-refractivity contribution in [2.45, 2.75) is 33.1 Å². The third-order valence-electron chi connectivity index (χ3n) is 2.61. The number of piperidine rings is 1. The molecule has 0 saturated carbocycles. The monoisotopic (exact) mass is 212 g/mol. The van der Waals surface area contributed by atoms with Gasteiger partial charge in [-0.25, -0.2) is 0 Å². The van der Waals surface area contributed by atoms with Gasteiger partial charge in [0.1, 0.15) is 0 Å². The number of likely N-dealkylation sites (tertiary alicyclic amines) is 1. The van der Waals surface area contributed by atoms with Gasteiger partial charge in [-0.3, -0.25) is 4.79 Å². The molecule has 0 unspecified atom stereocenters. The summed E-state index contributed by atoms with van der Waals surface area (Å²) in [6.45, 7) is 12.0. The first-order valence-electron chi connectivity index (χ1n) is 5.84. The Hall–Kier alpha value is -0.990. The third kappa shape index (κ3) is 7.00. The Balaban J connectivity index is 0.000000265. The highest BCUT2D eigenvalue weighted by atomic mass is 16.1. The number of nitrogens with zero attached hydrogens (tertiary/aromatic N) is 2. The molecule has 1 aliphatic heterocycles. The number of rotatable bonds is 4. The van der Waals surface area contributed by atoms with Gasteiger partial charge in [-0.05, 0) is 39.3 Å². The number of amides is 1. The van der Waals surface area contributed by atoms with Gasteiger partial charge in [0.2, 0.25) is 6.41 Å². The van der Waals surface area contributed by atoms with Gasteiger partial charge in [0, 0.05) is 26.2 Å². The number of carbonyl (C=O) groups is 1. The molecule has 0 aromatic heterocycles. The van der Waals surface area contributed by atoms with Crippen molar-refractivity contribution in [1.82, 2.24) is 9.80 Å². The molecular weight excluding hydrogens is 188 g/mol. The van der Waals surface area contributed by atoms with E-state index in [1.54, 1.807) is 0 Å². The summed E-state index contributed by atoms with van der Waals surface area (Å²) >= 11 is 0. The lowest BCUT2D eigenvalue weighted by atomic mass is 10.1. The summed E-state index contributed by atoms with van der Waals surface area (Å²) in [6, 6.07) is 0. The quantitative estimate of drug-likeness (QED) is 0.666. The molecule has 0 aliphatic carbocycles. The van der Waals surface area contributed by atoms with Crippen molar-refractivity contribution in [1.29, 1.82) is 0 Å². The summed E-state index contributed by atoms with van der Waals surface area (Å²) in [5.74, 6) is 0. The Kier molecular flexibility index (Phi) is 8.93. The predicted molar refractivity (Wildman–Crippen MR) is 64.6 cm³/mol. The molecule has 3 nitrogen and oxygen atoms in total. The fraction of sp³-hybridized carbons (Fsp3) is 0.750. The molecule has 1 rings (SSSR count). The standard InChI is InChI=1S/C6H11NO.C6H13N/c8-6-7-4-2-1-3-5-7;1-4-7(5-2)6-3/h6H,1-5H2;4H,1,5-6H2,2-3H3. The van der Waals surface area contributed by atoms with Crippen LogP contribution in [-0.4, -0.2) is 42.4 Å². The number of hydrogen-bond acceptors (Lipinski definition) is 2. The predicted octanol–water partition coefficient (Wildman–Crippen LogP) is 2.10.